The molecule has 0 amide bonds. The van der Waals surface area contributed by atoms with Crippen LogP contribution >= 0.6 is 0 Å². The van der Waals surface area contributed by atoms with E-state index in [4.69, 9.17) is 4.42 Å². The number of nitrogens with zero attached hydrogens (tertiary/aromatic N) is 4. The number of hydrogen-bond donors (Lipinski definition) is 0. The second kappa shape index (κ2) is 8.30. The third kappa shape index (κ3) is 3.95. The number of oxazole rings is 1. The predicted octanol–water partition coefficient (Wildman–Crippen LogP) is 3.63. The van der Waals surface area contributed by atoms with Crippen molar-refractivity contribution in [3.05, 3.63) is 65.9 Å². The van der Waals surface area contributed by atoms with E-state index in [0.29, 0.717) is 17.3 Å². The molecule has 0 N–H and O–H groups in total. The third-order valence-electron chi connectivity index (χ3n) is 5.17. The Morgan fingerprint density at radius 1 is 1.10 bits per heavy atom. The largest absolute Gasteiger partial charge is 0.419 e. The Hall–Kier alpha value is -3.15. The maximum atomic E-state index is 12.9. The van der Waals surface area contributed by atoms with Crippen LogP contribution in [0.1, 0.15) is 24.1 Å². The fraction of sp³-hybridized carbons (Fsp3) is 0.273. The zero-order chi connectivity index (χ0) is 21.1. The summed E-state index contributed by atoms with van der Waals surface area (Å²) in [6.45, 7) is 1.97. The van der Waals surface area contributed by atoms with Crippen molar-refractivity contribution in [3.63, 3.8) is 0 Å². The second-order valence-electron chi connectivity index (χ2n) is 7.25. The maximum Gasteiger partial charge on any atom is 0.243 e. The van der Waals surface area contributed by atoms with E-state index in [0.717, 1.165) is 31.5 Å². The lowest BCUT2D eigenvalue weighted by molar-refractivity contribution is 0.466. The van der Waals surface area contributed by atoms with Crippen molar-refractivity contribution in [3.8, 4) is 17.5 Å². The summed E-state index contributed by atoms with van der Waals surface area (Å²) in [7, 11) is -2.07. The van der Waals surface area contributed by atoms with Crippen molar-refractivity contribution in [1.29, 1.82) is 5.26 Å². The van der Waals surface area contributed by atoms with Crippen LogP contribution < -0.4 is 4.90 Å². The van der Waals surface area contributed by atoms with Crippen LogP contribution in [0.25, 0.3) is 11.5 Å². The molecule has 7 nitrogen and oxygen atoms in total. The number of hydrogen-bond acceptors (Lipinski definition) is 6. The highest BCUT2D eigenvalue weighted by molar-refractivity contribution is 7.89. The Balaban J connectivity index is 1.56. The lowest BCUT2D eigenvalue weighted by Gasteiger charge is -2.17. The first-order valence-corrected chi connectivity index (χ1v) is 11.2. The van der Waals surface area contributed by atoms with Crippen LogP contribution in [0.15, 0.2) is 63.9 Å². The van der Waals surface area contributed by atoms with Gasteiger partial charge in [-0.3, -0.25) is 0 Å². The molecule has 30 heavy (non-hydrogen) atoms. The molecule has 0 bridgehead atoms. The molecule has 4 rings (SSSR count). The smallest absolute Gasteiger partial charge is 0.243 e. The van der Waals surface area contributed by atoms with Crippen LogP contribution in [-0.2, 0) is 16.6 Å². The van der Waals surface area contributed by atoms with E-state index in [1.807, 2.05) is 35.2 Å². The van der Waals surface area contributed by atoms with Gasteiger partial charge in [0.05, 0.1) is 4.90 Å². The Bertz CT molecular complexity index is 1160. The van der Waals surface area contributed by atoms with Crippen molar-refractivity contribution < 1.29 is 12.8 Å². The number of aromatic nitrogens is 1. The van der Waals surface area contributed by atoms with Gasteiger partial charge in [0.15, 0.2) is 0 Å². The van der Waals surface area contributed by atoms with Crippen LogP contribution in [0.4, 0.5) is 5.88 Å². The molecule has 8 heteroatoms. The minimum atomic E-state index is -3.64. The second-order valence-corrected chi connectivity index (χ2v) is 9.29. The van der Waals surface area contributed by atoms with Crippen molar-refractivity contribution in [1.82, 2.24) is 9.29 Å². The quantitative estimate of drug-likeness (QED) is 0.602. The van der Waals surface area contributed by atoms with Gasteiger partial charge < -0.3 is 9.32 Å². The summed E-state index contributed by atoms with van der Waals surface area (Å²) >= 11 is 0. The monoisotopic (exact) mass is 422 g/mol. The molecule has 154 valence electrons. The Morgan fingerprint density at radius 2 is 1.77 bits per heavy atom. The van der Waals surface area contributed by atoms with E-state index in [1.54, 1.807) is 19.2 Å². The van der Waals surface area contributed by atoms with Gasteiger partial charge in [-0.2, -0.15) is 14.6 Å². The number of anilines is 1. The lowest BCUT2D eigenvalue weighted by Crippen LogP contribution is -2.26. The van der Waals surface area contributed by atoms with Gasteiger partial charge in [-0.1, -0.05) is 30.3 Å². The molecule has 1 aliphatic rings. The maximum absolute atomic E-state index is 12.9. The molecule has 0 spiro atoms. The molecule has 0 atom stereocenters. The summed E-state index contributed by atoms with van der Waals surface area (Å²) in [5.41, 5.74) is 1.80. The Kier molecular flexibility index (Phi) is 5.57. The fourth-order valence-electron chi connectivity index (χ4n) is 3.52. The Morgan fingerprint density at radius 3 is 2.40 bits per heavy atom. The molecule has 0 radical (unpaired) electrons. The molecule has 1 saturated heterocycles. The summed E-state index contributed by atoms with van der Waals surface area (Å²) in [6.07, 6.45) is 2.12. The summed E-state index contributed by atoms with van der Waals surface area (Å²) < 4.78 is 33.0. The van der Waals surface area contributed by atoms with Gasteiger partial charge in [0, 0.05) is 32.2 Å². The molecule has 0 aliphatic carbocycles. The fourth-order valence-corrected chi connectivity index (χ4v) is 4.68. The molecule has 1 fully saturated rings. The number of benzene rings is 2. The van der Waals surface area contributed by atoms with Gasteiger partial charge in [0.2, 0.25) is 27.5 Å². The molecule has 0 saturated carbocycles. The molecule has 1 aromatic heterocycles. The zero-order valence-electron chi connectivity index (χ0n) is 16.7. The van der Waals surface area contributed by atoms with Crippen molar-refractivity contribution in [2.45, 2.75) is 24.3 Å². The van der Waals surface area contributed by atoms with Gasteiger partial charge in [-0.05, 0) is 42.7 Å². The molecule has 1 aliphatic heterocycles. The van der Waals surface area contributed by atoms with Gasteiger partial charge in [0.25, 0.3) is 0 Å². The number of sulfonamides is 1. The van der Waals surface area contributed by atoms with Crippen LogP contribution in [0.2, 0.25) is 0 Å². The Labute approximate surface area is 176 Å². The first-order valence-electron chi connectivity index (χ1n) is 9.75. The summed E-state index contributed by atoms with van der Waals surface area (Å²) in [5.74, 6) is 0.805. The predicted molar refractivity (Wildman–Crippen MR) is 113 cm³/mol. The van der Waals surface area contributed by atoms with E-state index in [9.17, 15) is 13.7 Å². The van der Waals surface area contributed by atoms with Crippen LogP contribution in [0, 0.1) is 11.3 Å². The lowest BCUT2D eigenvalue weighted by atomic mass is 10.2. The van der Waals surface area contributed by atoms with E-state index in [1.165, 1.54) is 16.4 Å². The SMILES string of the molecule is CN(Cc1ccccc1)S(=O)(=O)c1ccc(-c2nc(C#N)c(N3CCCC3)o2)cc1. The topological polar surface area (TPSA) is 90.4 Å². The van der Waals surface area contributed by atoms with E-state index in [-0.39, 0.29) is 17.1 Å². The highest BCUT2D eigenvalue weighted by atomic mass is 32.2. The van der Waals surface area contributed by atoms with Gasteiger partial charge >= 0.3 is 0 Å². The number of rotatable bonds is 6. The van der Waals surface area contributed by atoms with Crippen molar-refractivity contribution in [2.75, 3.05) is 25.0 Å². The van der Waals surface area contributed by atoms with Crippen molar-refractivity contribution >= 4 is 15.9 Å². The minimum Gasteiger partial charge on any atom is -0.419 e. The highest BCUT2D eigenvalue weighted by Gasteiger charge is 2.24. The van der Waals surface area contributed by atoms with Crippen molar-refractivity contribution in [2.24, 2.45) is 0 Å². The molecule has 2 aromatic carbocycles. The molecule has 3 aromatic rings. The summed E-state index contributed by atoms with van der Waals surface area (Å²) in [6, 6.07) is 17.9. The average molecular weight is 423 g/mol. The van der Waals surface area contributed by atoms with Gasteiger partial charge in [0.1, 0.15) is 6.07 Å². The summed E-state index contributed by atoms with van der Waals surface area (Å²) in [5, 5.41) is 9.39. The highest BCUT2D eigenvalue weighted by Crippen LogP contribution is 2.31. The van der Waals surface area contributed by atoms with Crippen LogP contribution in [-0.4, -0.2) is 37.8 Å². The van der Waals surface area contributed by atoms with E-state index in [2.05, 4.69) is 11.1 Å². The van der Waals surface area contributed by atoms with Gasteiger partial charge in [-0.15, -0.1) is 0 Å². The first-order chi connectivity index (χ1) is 14.5. The van der Waals surface area contributed by atoms with E-state index < -0.39 is 10.0 Å². The number of nitriles is 1. The standard InChI is InChI=1S/C22H22N4O3S/c1-25(16-17-7-3-2-4-8-17)30(27,28)19-11-9-18(10-12-19)21-24-20(15-23)22(29-21)26-13-5-6-14-26/h2-4,7-12H,5-6,13-14,16H2,1H3. The van der Waals surface area contributed by atoms with E-state index >= 15 is 0 Å². The minimum absolute atomic E-state index is 0.191. The molecule has 2 heterocycles. The van der Waals surface area contributed by atoms with Crippen LogP contribution in [0.3, 0.4) is 0 Å². The average Bonchev–Trinajstić information content (AvgIpc) is 3.44. The normalized spacial score (nSPS) is 14.2. The van der Waals surface area contributed by atoms with Crippen LogP contribution in [0.5, 0.6) is 0 Å². The molecule has 0 unspecified atom stereocenters. The van der Waals surface area contributed by atoms with Gasteiger partial charge in [-0.25, -0.2) is 8.42 Å². The summed E-state index contributed by atoms with van der Waals surface area (Å²) in [4.78, 5) is 6.51. The first kappa shape index (κ1) is 20.1. The molecular weight excluding hydrogens is 400 g/mol. The molecular formula is C22H22N4O3S. The third-order valence-corrected chi connectivity index (χ3v) is 6.98. The zero-order valence-corrected chi connectivity index (χ0v) is 17.5.